The molecular weight excluding hydrogens is 262 g/mol. The SMILES string of the molecule is CC(Nc1c([N+](=O)[O-])ncn1C)C(=O)N1CCCCC1. The Morgan fingerprint density at radius 3 is 2.70 bits per heavy atom. The van der Waals surface area contributed by atoms with Crippen molar-refractivity contribution in [3.05, 3.63) is 16.4 Å². The number of carbonyl (C=O) groups is 1. The topological polar surface area (TPSA) is 93.3 Å². The minimum Gasteiger partial charge on any atom is -0.358 e. The van der Waals surface area contributed by atoms with Crippen molar-refractivity contribution in [2.75, 3.05) is 18.4 Å². The van der Waals surface area contributed by atoms with Gasteiger partial charge in [-0.05, 0) is 36.1 Å². The van der Waals surface area contributed by atoms with E-state index in [1.54, 1.807) is 14.0 Å². The average Bonchev–Trinajstić information content (AvgIpc) is 2.80. The molecule has 1 N–H and O–H groups in total. The molecule has 1 atom stereocenters. The molecule has 0 aromatic carbocycles. The minimum atomic E-state index is -0.555. The molecule has 8 nitrogen and oxygen atoms in total. The average molecular weight is 281 g/mol. The molecule has 0 bridgehead atoms. The van der Waals surface area contributed by atoms with Crippen molar-refractivity contribution >= 4 is 17.5 Å². The number of nitrogens with zero attached hydrogens (tertiary/aromatic N) is 4. The van der Waals surface area contributed by atoms with Crippen molar-refractivity contribution in [2.24, 2.45) is 7.05 Å². The molecule has 1 aromatic rings. The maximum atomic E-state index is 12.3. The maximum absolute atomic E-state index is 12.3. The predicted octanol–water partition coefficient (Wildman–Crippen LogP) is 1.14. The van der Waals surface area contributed by atoms with Crippen molar-refractivity contribution < 1.29 is 9.72 Å². The number of amides is 1. The molecule has 0 saturated carbocycles. The first kappa shape index (κ1) is 14.3. The summed E-state index contributed by atoms with van der Waals surface area (Å²) < 4.78 is 1.51. The van der Waals surface area contributed by atoms with Crippen LogP contribution in [0.1, 0.15) is 26.2 Å². The van der Waals surface area contributed by atoms with E-state index in [-0.39, 0.29) is 17.5 Å². The summed E-state index contributed by atoms with van der Waals surface area (Å²) in [6.45, 7) is 3.24. The van der Waals surface area contributed by atoms with Crippen LogP contribution in [0.3, 0.4) is 0 Å². The minimum absolute atomic E-state index is 0.0276. The highest BCUT2D eigenvalue weighted by Gasteiger charge is 2.27. The number of nitro groups is 1. The highest BCUT2D eigenvalue weighted by atomic mass is 16.6. The second-order valence-electron chi connectivity index (χ2n) is 5.04. The number of aromatic nitrogens is 2. The van der Waals surface area contributed by atoms with Gasteiger partial charge in [0.2, 0.25) is 18.1 Å². The number of nitrogens with one attached hydrogen (secondary N) is 1. The first-order valence-electron chi connectivity index (χ1n) is 6.71. The van der Waals surface area contributed by atoms with Gasteiger partial charge in [-0.25, -0.2) is 0 Å². The van der Waals surface area contributed by atoms with Crippen LogP contribution in [0.25, 0.3) is 0 Å². The van der Waals surface area contributed by atoms with Crippen molar-refractivity contribution in [3.63, 3.8) is 0 Å². The molecule has 0 spiro atoms. The summed E-state index contributed by atoms with van der Waals surface area (Å²) in [6, 6.07) is -0.512. The van der Waals surface area contributed by atoms with Gasteiger partial charge in [-0.2, -0.15) is 0 Å². The summed E-state index contributed by atoms with van der Waals surface area (Å²) in [5.74, 6) is -0.0288. The first-order valence-corrected chi connectivity index (χ1v) is 6.71. The second kappa shape index (κ2) is 5.89. The molecule has 2 rings (SSSR count). The fourth-order valence-electron chi connectivity index (χ4n) is 2.37. The van der Waals surface area contributed by atoms with Gasteiger partial charge < -0.3 is 20.3 Å². The monoisotopic (exact) mass is 281 g/mol. The number of imidazole rings is 1. The highest BCUT2D eigenvalue weighted by Crippen LogP contribution is 2.22. The van der Waals surface area contributed by atoms with E-state index in [0.717, 1.165) is 32.4 Å². The summed E-state index contributed by atoms with van der Waals surface area (Å²) in [4.78, 5) is 28.1. The molecule has 20 heavy (non-hydrogen) atoms. The lowest BCUT2D eigenvalue weighted by molar-refractivity contribution is -0.388. The van der Waals surface area contributed by atoms with Crippen LogP contribution < -0.4 is 5.32 Å². The zero-order chi connectivity index (χ0) is 14.7. The van der Waals surface area contributed by atoms with E-state index in [1.165, 1.54) is 10.9 Å². The highest BCUT2D eigenvalue weighted by molar-refractivity contribution is 5.84. The normalized spacial score (nSPS) is 16.8. The molecule has 110 valence electrons. The number of aryl methyl sites for hydroxylation is 1. The smallest absolute Gasteiger partial charge is 0.358 e. The lowest BCUT2D eigenvalue weighted by Crippen LogP contribution is -2.44. The van der Waals surface area contributed by atoms with Gasteiger partial charge in [-0.15, -0.1) is 0 Å². The van der Waals surface area contributed by atoms with Gasteiger partial charge in [0.1, 0.15) is 6.04 Å². The Morgan fingerprint density at radius 2 is 2.10 bits per heavy atom. The van der Waals surface area contributed by atoms with Crippen LogP contribution in [0.4, 0.5) is 11.6 Å². The molecule has 1 aliphatic heterocycles. The molecule has 1 amide bonds. The first-order chi connectivity index (χ1) is 9.50. The third-order valence-corrected chi connectivity index (χ3v) is 3.48. The van der Waals surface area contributed by atoms with Gasteiger partial charge in [0, 0.05) is 20.1 Å². The fraction of sp³-hybridized carbons (Fsp3) is 0.667. The Labute approximate surface area is 116 Å². The van der Waals surface area contributed by atoms with E-state index in [2.05, 4.69) is 10.3 Å². The Bertz CT molecular complexity index is 507. The Hall–Kier alpha value is -2.12. The maximum Gasteiger partial charge on any atom is 0.406 e. The number of carbonyl (C=O) groups excluding carboxylic acids is 1. The largest absolute Gasteiger partial charge is 0.406 e. The number of piperidine rings is 1. The Balaban J connectivity index is 2.07. The molecule has 1 aromatic heterocycles. The van der Waals surface area contributed by atoms with Gasteiger partial charge in [0.15, 0.2) is 0 Å². The molecule has 0 aliphatic carbocycles. The zero-order valence-electron chi connectivity index (χ0n) is 11.7. The summed E-state index contributed by atoms with van der Waals surface area (Å²) >= 11 is 0. The van der Waals surface area contributed by atoms with Crippen LogP contribution in [0, 0.1) is 10.1 Å². The van der Waals surface area contributed by atoms with E-state index < -0.39 is 11.0 Å². The second-order valence-corrected chi connectivity index (χ2v) is 5.04. The summed E-state index contributed by atoms with van der Waals surface area (Å²) in [6.07, 6.45) is 4.55. The van der Waals surface area contributed by atoms with Gasteiger partial charge in [-0.3, -0.25) is 9.36 Å². The van der Waals surface area contributed by atoms with Gasteiger partial charge in [-0.1, -0.05) is 0 Å². The third-order valence-electron chi connectivity index (χ3n) is 3.48. The van der Waals surface area contributed by atoms with Crippen LogP contribution in [-0.4, -0.2) is 44.4 Å². The standard InChI is InChI=1S/C12H19N5O3/c1-9(12(18)16-6-4-3-5-7-16)14-11-10(17(19)20)13-8-15(11)2/h8-9,14H,3-7H2,1-2H3. The van der Waals surface area contributed by atoms with E-state index in [9.17, 15) is 14.9 Å². The van der Waals surface area contributed by atoms with Gasteiger partial charge in [0.25, 0.3) is 0 Å². The van der Waals surface area contributed by atoms with Crippen molar-refractivity contribution in [1.82, 2.24) is 14.5 Å². The number of hydrogen-bond acceptors (Lipinski definition) is 5. The van der Waals surface area contributed by atoms with Crippen molar-refractivity contribution in [1.29, 1.82) is 0 Å². The number of hydrogen-bond donors (Lipinski definition) is 1. The van der Waals surface area contributed by atoms with E-state index in [4.69, 9.17) is 0 Å². The zero-order valence-corrected chi connectivity index (χ0v) is 11.7. The fourth-order valence-corrected chi connectivity index (χ4v) is 2.37. The van der Waals surface area contributed by atoms with Gasteiger partial charge >= 0.3 is 5.82 Å². The quantitative estimate of drug-likeness (QED) is 0.660. The number of likely N-dealkylation sites (tertiary alicyclic amines) is 1. The van der Waals surface area contributed by atoms with E-state index in [0.29, 0.717) is 0 Å². The molecule has 2 heterocycles. The number of anilines is 1. The molecule has 0 radical (unpaired) electrons. The van der Waals surface area contributed by atoms with Crippen LogP contribution in [0.15, 0.2) is 6.33 Å². The van der Waals surface area contributed by atoms with E-state index in [1.807, 2.05) is 4.90 Å². The molecular formula is C12H19N5O3. The van der Waals surface area contributed by atoms with Crippen molar-refractivity contribution in [2.45, 2.75) is 32.2 Å². The van der Waals surface area contributed by atoms with Crippen LogP contribution in [-0.2, 0) is 11.8 Å². The lowest BCUT2D eigenvalue weighted by atomic mass is 10.1. The van der Waals surface area contributed by atoms with Crippen molar-refractivity contribution in [3.8, 4) is 0 Å². The van der Waals surface area contributed by atoms with Crippen LogP contribution in [0.2, 0.25) is 0 Å². The molecule has 1 fully saturated rings. The molecule has 1 saturated heterocycles. The summed E-state index contributed by atoms with van der Waals surface area (Å²) in [5.41, 5.74) is 0. The van der Waals surface area contributed by atoms with E-state index >= 15 is 0 Å². The Morgan fingerprint density at radius 1 is 1.45 bits per heavy atom. The third kappa shape index (κ3) is 2.89. The summed E-state index contributed by atoms with van der Waals surface area (Å²) in [5, 5.41) is 13.8. The van der Waals surface area contributed by atoms with Crippen LogP contribution in [0.5, 0.6) is 0 Å². The predicted molar refractivity (Wildman–Crippen MR) is 73.4 cm³/mol. The number of rotatable bonds is 4. The Kier molecular flexibility index (Phi) is 4.21. The molecule has 8 heteroatoms. The lowest BCUT2D eigenvalue weighted by Gasteiger charge is -2.29. The molecule has 1 unspecified atom stereocenters. The van der Waals surface area contributed by atoms with Crippen LogP contribution >= 0.6 is 0 Å². The molecule has 1 aliphatic rings. The van der Waals surface area contributed by atoms with Gasteiger partial charge in [0.05, 0.1) is 0 Å². The summed E-state index contributed by atoms with van der Waals surface area (Å²) in [7, 11) is 1.65.